The van der Waals surface area contributed by atoms with Gasteiger partial charge in [0.1, 0.15) is 22.8 Å². The Bertz CT molecular complexity index is 1130. The maximum Gasteiger partial charge on any atom is 0.318 e. The van der Waals surface area contributed by atoms with Crippen LogP contribution in [-0.2, 0) is 4.79 Å². The number of fused-ring (bicyclic) bond motifs is 1. The summed E-state index contributed by atoms with van der Waals surface area (Å²) < 4.78 is 34.7. The molecule has 3 heterocycles. The van der Waals surface area contributed by atoms with E-state index in [1.165, 1.54) is 37.6 Å². The lowest BCUT2D eigenvalue weighted by atomic mass is 10.1. The molecule has 4 rings (SSSR count). The van der Waals surface area contributed by atoms with Gasteiger partial charge in [0.25, 0.3) is 0 Å². The SMILES string of the molecule is C=CC(=O)N1CCN(c2nc(OC)nc3c(F)c(-c4ccccc4F)ncc23)CC1. The van der Waals surface area contributed by atoms with E-state index in [9.17, 15) is 9.18 Å². The van der Waals surface area contributed by atoms with E-state index < -0.39 is 11.6 Å². The van der Waals surface area contributed by atoms with Crippen molar-refractivity contribution in [2.45, 2.75) is 0 Å². The quantitative estimate of drug-likeness (QED) is 0.615. The lowest BCUT2D eigenvalue weighted by Gasteiger charge is -2.35. The molecule has 0 radical (unpaired) electrons. The first-order chi connectivity index (χ1) is 14.5. The number of nitrogens with zero attached hydrogens (tertiary/aromatic N) is 5. The molecule has 1 aromatic carbocycles. The van der Waals surface area contributed by atoms with Crippen molar-refractivity contribution in [3.63, 3.8) is 0 Å². The number of hydrogen-bond acceptors (Lipinski definition) is 6. The van der Waals surface area contributed by atoms with Gasteiger partial charge in [-0.15, -0.1) is 0 Å². The lowest BCUT2D eigenvalue weighted by Crippen LogP contribution is -2.48. The fourth-order valence-electron chi connectivity index (χ4n) is 3.46. The van der Waals surface area contributed by atoms with Gasteiger partial charge in [-0.1, -0.05) is 18.7 Å². The predicted molar refractivity (Wildman–Crippen MR) is 108 cm³/mol. The molecule has 7 nitrogen and oxygen atoms in total. The second-order valence-electron chi connectivity index (χ2n) is 6.71. The van der Waals surface area contributed by atoms with Crippen LogP contribution in [0.1, 0.15) is 0 Å². The van der Waals surface area contributed by atoms with Crippen molar-refractivity contribution in [2.24, 2.45) is 0 Å². The van der Waals surface area contributed by atoms with Crippen LogP contribution in [-0.4, -0.2) is 59.0 Å². The molecule has 30 heavy (non-hydrogen) atoms. The summed E-state index contributed by atoms with van der Waals surface area (Å²) in [6.45, 7) is 5.44. The highest BCUT2D eigenvalue weighted by atomic mass is 19.1. The normalized spacial score (nSPS) is 14.1. The minimum Gasteiger partial charge on any atom is -0.467 e. The van der Waals surface area contributed by atoms with Crippen LogP contribution in [0.15, 0.2) is 43.1 Å². The average Bonchev–Trinajstić information content (AvgIpc) is 2.79. The summed E-state index contributed by atoms with van der Waals surface area (Å²) in [5.74, 6) is -1.01. The monoisotopic (exact) mass is 411 g/mol. The Labute approximate surface area is 171 Å². The zero-order valence-electron chi connectivity index (χ0n) is 16.3. The molecule has 0 aliphatic carbocycles. The number of pyridine rings is 1. The van der Waals surface area contributed by atoms with E-state index in [4.69, 9.17) is 4.74 Å². The Morgan fingerprint density at radius 1 is 1.17 bits per heavy atom. The minimum atomic E-state index is -0.750. The predicted octanol–water partition coefficient (Wildman–Crippen LogP) is 2.81. The number of hydrogen-bond donors (Lipinski definition) is 0. The van der Waals surface area contributed by atoms with E-state index in [0.717, 1.165) is 0 Å². The number of halogens is 2. The number of amides is 1. The molecular formula is C21H19F2N5O2. The number of ether oxygens (including phenoxy) is 1. The zero-order chi connectivity index (χ0) is 21.3. The van der Waals surface area contributed by atoms with Crippen molar-refractivity contribution in [1.82, 2.24) is 19.9 Å². The topological polar surface area (TPSA) is 71.5 Å². The summed E-state index contributed by atoms with van der Waals surface area (Å²) in [6, 6.07) is 5.84. The second-order valence-corrected chi connectivity index (χ2v) is 6.71. The van der Waals surface area contributed by atoms with E-state index in [0.29, 0.717) is 37.4 Å². The van der Waals surface area contributed by atoms with Crippen LogP contribution in [0.5, 0.6) is 6.01 Å². The molecule has 1 aliphatic heterocycles. The van der Waals surface area contributed by atoms with Crippen LogP contribution in [0.25, 0.3) is 22.2 Å². The van der Waals surface area contributed by atoms with Gasteiger partial charge in [-0.3, -0.25) is 9.78 Å². The van der Waals surface area contributed by atoms with Crippen LogP contribution in [0.2, 0.25) is 0 Å². The molecule has 2 aromatic heterocycles. The molecule has 3 aromatic rings. The zero-order valence-corrected chi connectivity index (χ0v) is 16.3. The molecule has 0 spiro atoms. The van der Waals surface area contributed by atoms with E-state index in [1.54, 1.807) is 11.0 Å². The first-order valence-corrected chi connectivity index (χ1v) is 9.35. The highest BCUT2D eigenvalue weighted by Crippen LogP contribution is 2.32. The Morgan fingerprint density at radius 2 is 1.90 bits per heavy atom. The van der Waals surface area contributed by atoms with Crippen LogP contribution in [0.4, 0.5) is 14.6 Å². The van der Waals surface area contributed by atoms with Gasteiger partial charge < -0.3 is 14.5 Å². The van der Waals surface area contributed by atoms with Crippen molar-refractivity contribution in [2.75, 3.05) is 38.2 Å². The van der Waals surface area contributed by atoms with E-state index in [1.807, 2.05) is 4.90 Å². The van der Waals surface area contributed by atoms with Gasteiger partial charge in [-0.2, -0.15) is 9.97 Å². The highest BCUT2D eigenvalue weighted by molar-refractivity contribution is 5.92. The van der Waals surface area contributed by atoms with Crippen molar-refractivity contribution in [1.29, 1.82) is 0 Å². The van der Waals surface area contributed by atoms with Crippen LogP contribution >= 0.6 is 0 Å². The minimum absolute atomic E-state index is 0.00491. The Morgan fingerprint density at radius 3 is 2.57 bits per heavy atom. The third-order valence-electron chi connectivity index (χ3n) is 5.02. The summed E-state index contributed by atoms with van der Waals surface area (Å²) in [6.07, 6.45) is 2.72. The molecular weight excluding hydrogens is 392 g/mol. The van der Waals surface area contributed by atoms with Gasteiger partial charge in [0.15, 0.2) is 5.82 Å². The number of carbonyl (C=O) groups is 1. The number of benzene rings is 1. The highest BCUT2D eigenvalue weighted by Gasteiger charge is 2.25. The van der Waals surface area contributed by atoms with Crippen LogP contribution < -0.4 is 9.64 Å². The fourth-order valence-corrected chi connectivity index (χ4v) is 3.46. The van der Waals surface area contributed by atoms with Gasteiger partial charge in [-0.25, -0.2) is 8.78 Å². The molecule has 0 atom stereocenters. The van der Waals surface area contributed by atoms with Gasteiger partial charge >= 0.3 is 6.01 Å². The van der Waals surface area contributed by atoms with Gasteiger partial charge in [-0.05, 0) is 18.2 Å². The first kappa shape index (κ1) is 19.7. The van der Waals surface area contributed by atoms with Gasteiger partial charge in [0.05, 0.1) is 12.5 Å². The number of piperazine rings is 1. The molecule has 1 aliphatic rings. The van der Waals surface area contributed by atoms with E-state index >= 15 is 4.39 Å². The average molecular weight is 411 g/mol. The summed E-state index contributed by atoms with van der Waals surface area (Å²) in [5, 5.41) is 0.386. The molecule has 0 unspecified atom stereocenters. The summed E-state index contributed by atoms with van der Waals surface area (Å²) in [7, 11) is 1.39. The molecule has 0 saturated carbocycles. The summed E-state index contributed by atoms with van der Waals surface area (Å²) in [4.78, 5) is 28.1. The van der Waals surface area contributed by atoms with E-state index in [2.05, 4.69) is 21.5 Å². The summed E-state index contributed by atoms with van der Waals surface area (Å²) >= 11 is 0. The third kappa shape index (κ3) is 3.42. The molecule has 0 N–H and O–H groups in total. The number of rotatable bonds is 4. The van der Waals surface area contributed by atoms with Crippen molar-refractivity contribution in [3.8, 4) is 17.3 Å². The molecule has 9 heteroatoms. The fraction of sp³-hybridized carbons (Fsp3) is 0.238. The number of anilines is 1. The van der Waals surface area contributed by atoms with E-state index in [-0.39, 0.29) is 28.7 Å². The van der Waals surface area contributed by atoms with Crippen molar-refractivity contribution < 1.29 is 18.3 Å². The lowest BCUT2D eigenvalue weighted by molar-refractivity contribution is -0.126. The maximum atomic E-state index is 15.4. The molecule has 1 amide bonds. The largest absolute Gasteiger partial charge is 0.467 e. The molecule has 1 saturated heterocycles. The summed E-state index contributed by atoms with van der Waals surface area (Å²) in [5.41, 5.74) is -0.0871. The molecule has 154 valence electrons. The van der Waals surface area contributed by atoms with Crippen molar-refractivity contribution >= 4 is 22.6 Å². The smallest absolute Gasteiger partial charge is 0.318 e. The van der Waals surface area contributed by atoms with Crippen molar-refractivity contribution in [3.05, 3.63) is 54.8 Å². The van der Waals surface area contributed by atoms with Gasteiger partial charge in [0.2, 0.25) is 5.91 Å². The Balaban J connectivity index is 1.78. The van der Waals surface area contributed by atoms with Crippen LogP contribution in [0.3, 0.4) is 0 Å². The maximum absolute atomic E-state index is 15.4. The number of aromatic nitrogens is 3. The Kier molecular flexibility index (Phi) is 5.26. The number of carbonyl (C=O) groups excluding carboxylic acids is 1. The third-order valence-corrected chi connectivity index (χ3v) is 5.02. The standard InChI is InChI=1S/C21H19F2N5O2/c1-3-16(29)27-8-10-28(11-9-27)20-14-12-24-18(13-6-4-5-7-15(13)22)17(23)19(14)25-21(26-20)30-2/h3-7,12H,1,8-11H2,2H3. The molecule has 0 bridgehead atoms. The first-order valence-electron chi connectivity index (χ1n) is 9.35. The van der Waals surface area contributed by atoms with Gasteiger partial charge in [0, 0.05) is 37.9 Å². The Hall–Kier alpha value is -3.62. The van der Waals surface area contributed by atoms with Crippen LogP contribution in [0, 0.1) is 11.6 Å². The number of methoxy groups -OCH3 is 1. The molecule has 1 fully saturated rings. The second kappa shape index (κ2) is 8.02.